The summed E-state index contributed by atoms with van der Waals surface area (Å²) in [5.41, 5.74) is 1.78. The number of hydrogen-bond acceptors (Lipinski definition) is 4. The monoisotopic (exact) mass is 241 g/mol. The molecule has 0 aliphatic rings. The van der Waals surface area contributed by atoms with Crippen molar-refractivity contribution in [2.24, 2.45) is 4.99 Å². The largest absolute Gasteiger partial charge is 0.270 e. The van der Waals surface area contributed by atoms with Gasteiger partial charge in [-0.15, -0.1) is 0 Å². The van der Waals surface area contributed by atoms with E-state index in [2.05, 4.69) is 9.98 Å². The first-order chi connectivity index (χ1) is 8.65. The highest BCUT2D eigenvalue weighted by Gasteiger charge is 2.03. The molecular formula is C13H11N3O2. The number of nitro groups is 1. The van der Waals surface area contributed by atoms with Gasteiger partial charge in [0, 0.05) is 24.5 Å². The third-order valence-electron chi connectivity index (χ3n) is 2.32. The van der Waals surface area contributed by atoms with Gasteiger partial charge in [0.1, 0.15) is 0 Å². The van der Waals surface area contributed by atoms with Crippen LogP contribution in [0.25, 0.3) is 0 Å². The van der Waals surface area contributed by atoms with E-state index in [1.54, 1.807) is 30.6 Å². The summed E-state index contributed by atoms with van der Waals surface area (Å²) in [5, 5.41) is 10.6. The van der Waals surface area contributed by atoms with Crippen molar-refractivity contribution >= 4 is 17.7 Å². The number of aryl methyl sites for hydroxylation is 1. The first-order valence-corrected chi connectivity index (χ1v) is 5.36. The lowest BCUT2D eigenvalue weighted by atomic mass is 10.2. The van der Waals surface area contributed by atoms with Crippen LogP contribution >= 0.6 is 0 Å². The number of nitrogens with zero attached hydrogens (tertiary/aromatic N) is 3. The van der Waals surface area contributed by atoms with E-state index in [0.717, 1.165) is 5.56 Å². The van der Waals surface area contributed by atoms with Gasteiger partial charge in [0.15, 0.2) is 5.82 Å². The van der Waals surface area contributed by atoms with Gasteiger partial charge in [-0.25, -0.2) is 9.98 Å². The second-order valence-electron chi connectivity index (χ2n) is 3.80. The number of aliphatic imine (C=N–C) groups is 1. The fourth-order valence-electron chi connectivity index (χ4n) is 1.40. The van der Waals surface area contributed by atoms with E-state index >= 15 is 0 Å². The first-order valence-electron chi connectivity index (χ1n) is 5.36. The lowest BCUT2D eigenvalue weighted by Crippen LogP contribution is -1.89. The second kappa shape index (κ2) is 5.18. The summed E-state index contributed by atoms with van der Waals surface area (Å²) in [4.78, 5) is 18.5. The van der Waals surface area contributed by atoms with Crippen LogP contribution in [0.15, 0.2) is 47.6 Å². The van der Waals surface area contributed by atoms with Gasteiger partial charge in [0.05, 0.1) is 4.92 Å². The van der Waals surface area contributed by atoms with Gasteiger partial charge in [-0.2, -0.15) is 0 Å². The van der Waals surface area contributed by atoms with Crippen molar-refractivity contribution in [2.45, 2.75) is 6.92 Å². The molecular weight excluding hydrogens is 230 g/mol. The molecule has 5 heteroatoms. The van der Waals surface area contributed by atoms with E-state index in [1.807, 2.05) is 13.0 Å². The number of pyridine rings is 1. The molecule has 18 heavy (non-hydrogen) atoms. The zero-order chi connectivity index (χ0) is 13.0. The van der Waals surface area contributed by atoms with Crippen LogP contribution in [0.2, 0.25) is 0 Å². The van der Waals surface area contributed by atoms with Crippen molar-refractivity contribution in [1.82, 2.24) is 4.98 Å². The number of non-ortho nitro benzene ring substituents is 1. The molecule has 0 unspecified atom stereocenters. The van der Waals surface area contributed by atoms with E-state index in [-0.39, 0.29) is 5.69 Å². The van der Waals surface area contributed by atoms with Crippen LogP contribution in [0.3, 0.4) is 0 Å². The molecule has 0 bridgehead atoms. The lowest BCUT2D eigenvalue weighted by molar-refractivity contribution is -0.384. The van der Waals surface area contributed by atoms with Crippen LogP contribution in [-0.4, -0.2) is 16.1 Å². The zero-order valence-electron chi connectivity index (χ0n) is 9.78. The molecule has 0 N–H and O–H groups in total. The fraction of sp³-hybridized carbons (Fsp3) is 0.0769. The number of benzene rings is 1. The quantitative estimate of drug-likeness (QED) is 0.471. The molecule has 1 heterocycles. The van der Waals surface area contributed by atoms with Gasteiger partial charge in [0.2, 0.25) is 0 Å². The molecule has 0 aliphatic carbocycles. The van der Waals surface area contributed by atoms with Gasteiger partial charge >= 0.3 is 0 Å². The molecule has 0 atom stereocenters. The summed E-state index contributed by atoms with van der Waals surface area (Å²) < 4.78 is 0. The highest BCUT2D eigenvalue weighted by Crippen LogP contribution is 2.13. The third kappa shape index (κ3) is 2.98. The van der Waals surface area contributed by atoms with Crippen LogP contribution in [0.4, 0.5) is 11.5 Å². The number of aromatic nitrogens is 1. The van der Waals surface area contributed by atoms with Crippen molar-refractivity contribution in [1.29, 1.82) is 0 Å². The maximum absolute atomic E-state index is 10.6. The Kier molecular flexibility index (Phi) is 3.43. The molecule has 0 amide bonds. The molecule has 0 fully saturated rings. The summed E-state index contributed by atoms with van der Waals surface area (Å²) in [6, 6.07) is 10.0. The topological polar surface area (TPSA) is 68.4 Å². The molecule has 2 rings (SSSR count). The van der Waals surface area contributed by atoms with Crippen LogP contribution < -0.4 is 0 Å². The maximum Gasteiger partial charge on any atom is 0.270 e. The molecule has 0 saturated carbocycles. The van der Waals surface area contributed by atoms with E-state index < -0.39 is 4.92 Å². The van der Waals surface area contributed by atoms with Gasteiger partial charge in [-0.05, 0) is 24.1 Å². The molecule has 1 aromatic heterocycles. The average Bonchev–Trinajstić information content (AvgIpc) is 2.38. The minimum Gasteiger partial charge on any atom is -0.258 e. The van der Waals surface area contributed by atoms with Crippen molar-refractivity contribution in [3.63, 3.8) is 0 Å². The number of rotatable bonds is 3. The Morgan fingerprint density at radius 1 is 1.33 bits per heavy atom. The van der Waals surface area contributed by atoms with E-state index in [9.17, 15) is 10.1 Å². The summed E-state index contributed by atoms with van der Waals surface area (Å²) in [5.74, 6) is 0.576. The normalized spacial score (nSPS) is 10.7. The molecule has 0 spiro atoms. The SMILES string of the molecule is Cc1ccc(N=Cc2cccc([N+](=O)[O-])c2)nc1. The number of nitro benzene ring substituents is 1. The van der Waals surface area contributed by atoms with E-state index in [4.69, 9.17) is 0 Å². The van der Waals surface area contributed by atoms with Crippen molar-refractivity contribution < 1.29 is 4.92 Å². The molecule has 0 aliphatic heterocycles. The molecule has 90 valence electrons. The Hall–Kier alpha value is -2.56. The van der Waals surface area contributed by atoms with Crippen molar-refractivity contribution in [2.75, 3.05) is 0 Å². The van der Waals surface area contributed by atoms with Crippen LogP contribution in [0.5, 0.6) is 0 Å². The number of hydrogen-bond donors (Lipinski definition) is 0. The Balaban J connectivity index is 2.20. The van der Waals surface area contributed by atoms with Crippen molar-refractivity contribution in [3.8, 4) is 0 Å². The Bertz CT molecular complexity index is 591. The average molecular weight is 241 g/mol. The summed E-state index contributed by atoms with van der Waals surface area (Å²) >= 11 is 0. The second-order valence-corrected chi connectivity index (χ2v) is 3.80. The first kappa shape index (κ1) is 11.9. The minimum atomic E-state index is -0.429. The standard InChI is InChI=1S/C13H11N3O2/c1-10-5-6-13(14-8-10)15-9-11-3-2-4-12(7-11)16(17)18/h2-9H,1H3. The predicted molar refractivity (Wildman–Crippen MR) is 69.3 cm³/mol. The van der Waals surface area contributed by atoms with E-state index in [1.165, 1.54) is 12.1 Å². The third-order valence-corrected chi connectivity index (χ3v) is 2.32. The smallest absolute Gasteiger partial charge is 0.258 e. The van der Waals surface area contributed by atoms with Gasteiger partial charge < -0.3 is 0 Å². The van der Waals surface area contributed by atoms with Gasteiger partial charge in [-0.3, -0.25) is 10.1 Å². The van der Waals surface area contributed by atoms with Gasteiger partial charge in [0.25, 0.3) is 5.69 Å². The minimum absolute atomic E-state index is 0.0517. The predicted octanol–water partition coefficient (Wildman–Crippen LogP) is 3.05. The highest BCUT2D eigenvalue weighted by molar-refractivity contribution is 5.82. The van der Waals surface area contributed by atoms with Crippen LogP contribution in [0.1, 0.15) is 11.1 Å². The highest BCUT2D eigenvalue weighted by atomic mass is 16.6. The molecule has 0 saturated heterocycles. The van der Waals surface area contributed by atoms with Gasteiger partial charge in [-0.1, -0.05) is 18.2 Å². The maximum atomic E-state index is 10.6. The molecule has 0 radical (unpaired) electrons. The molecule has 1 aromatic carbocycles. The van der Waals surface area contributed by atoms with Crippen LogP contribution in [-0.2, 0) is 0 Å². The lowest BCUT2D eigenvalue weighted by Gasteiger charge is -1.95. The summed E-state index contributed by atoms with van der Waals surface area (Å²) in [6.07, 6.45) is 3.28. The zero-order valence-corrected chi connectivity index (χ0v) is 9.78. The fourth-order valence-corrected chi connectivity index (χ4v) is 1.40. The Labute approximate surface area is 104 Å². The summed E-state index contributed by atoms with van der Waals surface area (Å²) in [7, 11) is 0. The molecule has 2 aromatic rings. The summed E-state index contributed by atoms with van der Waals surface area (Å²) in [6.45, 7) is 1.95. The Morgan fingerprint density at radius 3 is 2.83 bits per heavy atom. The Morgan fingerprint density at radius 2 is 2.17 bits per heavy atom. The molecule has 5 nitrogen and oxygen atoms in total. The van der Waals surface area contributed by atoms with Crippen LogP contribution in [0, 0.1) is 17.0 Å². The van der Waals surface area contributed by atoms with E-state index in [0.29, 0.717) is 11.4 Å². The van der Waals surface area contributed by atoms with Crippen molar-refractivity contribution in [3.05, 3.63) is 63.8 Å².